The van der Waals surface area contributed by atoms with Gasteiger partial charge in [0.1, 0.15) is 11.6 Å². The molecule has 0 radical (unpaired) electrons. The molecule has 11 heteroatoms. The molecule has 8 rings (SSSR count). The first-order valence-corrected chi connectivity index (χ1v) is 17.0. The van der Waals surface area contributed by atoms with E-state index >= 15 is 4.79 Å². The van der Waals surface area contributed by atoms with Crippen molar-refractivity contribution in [2.24, 2.45) is 23.7 Å². The minimum absolute atomic E-state index is 0.0995. The summed E-state index contributed by atoms with van der Waals surface area (Å²) in [7, 11) is 0. The summed E-state index contributed by atoms with van der Waals surface area (Å²) in [6, 6.07) is 25.3. The van der Waals surface area contributed by atoms with Gasteiger partial charge in [-0.15, -0.1) is 0 Å². The molecule has 3 fully saturated rings. The van der Waals surface area contributed by atoms with Crippen LogP contribution in [-0.2, 0) is 24.6 Å². The van der Waals surface area contributed by atoms with Crippen LogP contribution in [0, 0.1) is 35.3 Å². The molecule has 2 saturated heterocycles. The van der Waals surface area contributed by atoms with Crippen molar-refractivity contribution in [1.29, 1.82) is 0 Å². The van der Waals surface area contributed by atoms with Gasteiger partial charge in [-0.1, -0.05) is 59.6 Å². The first-order valence-electron chi connectivity index (χ1n) is 15.9. The zero-order chi connectivity index (χ0) is 34.2. The number of anilines is 2. The summed E-state index contributed by atoms with van der Waals surface area (Å²) in [4.78, 5) is 59.2. The van der Waals surface area contributed by atoms with Crippen molar-refractivity contribution in [1.82, 2.24) is 5.01 Å². The fourth-order valence-corrected chi connectivity index (χ4v) is 9.08. The van der Waals surface area contributed by atoms with Crippen LogP contribution in [0.3, 0.4) is 0 Å². The van der Waals surface area contributed by atoms with E-state index in [1.54, 1.807) is 66.7 Å². The first-order chi connectivity index (χ1) is 23.6. The van der Waals surface area contributed by atoms with Gasteiger partial charge in [0.05, 0.1) is 39.0 Å². The molecule has 6 atom stereocenters. The summed E-state index contributed by atoms with van der Waals surface area (Å²) in [5, 5.41) is 1.41. The van der Waals surface area contributed by atoms with Crippen molar-refractivity contribution in [2.45, 2.75) is 24.2 Å². The quantitative estimate of drug-likeness (QED) is 0.169. The largest absolute Gasteiger partial charge is 0.289 e. The van der Waals surface area contributed by atoms with Crippen LogP contribution in [-0.4, -0.2) is 28.6 Å². The lowest BCUT2D eigenvalue weighted by molar-refractivity contribution is -0.138. The zero-order valence-electron chi connectivity index (χ0n) is 25.7. The molecule has 49 heavy (non-hydrogen) atoms. The number of hydrazine groups is 1. The highest BCUT2D eigenvalue weighted by molar-refractivity contribution is 9.10. The highest BCUT2D eigenvalue weighted by atomic mass is 79.9. The smallest absolute Gasteiger partial charge is 0.260 e. The molecule has 4 aromatic carbocycles. The normalized spacial score (nSPS) is 27.5. The molecule has 2 aliphatic heterocycles. The second-order valence-electron chi connectivity index (χ2n) is 12.9. The fraction of sp³-hybridized carbons (Fsp3) is 0.211. The summed E-state index contributed by atoms with van der Waals surface area (Å²) in [6.07, 6.45) is 2.29. The van der Waals surface area contributed by atoms with Gasteiger partial charge in [-0.2, -0.15) is 5.01 Å². The lowest BCUT2D eigenvalue weighted by Gasteiger charge is -2.50. The van der Waals surface area contributed by atoms with Gasteiger partial charge in [-0.05, 0) is 106 Å². The number of nitrogens with zero attached hydrogens (tertiary/aromatic N) is 2. The maximum atomic E-state index is 15.1. The Morgan fingerprint density at radius 3 is 2.22 bits per heavy atom. The van der Waals surface area contributed by atoms with Crippen molar-refractivity contribution in [3.05, 3.63) is 141 Å². The number of hydrogen-bond acceptors (Lipinski definition) is 5. The molecule has 246 valence electrons. The summed E-state index contributed by atoms with van der Waals surface area (Å²) in [5.74, 6) is -6.57. The molecule has 1 N–H and O–H groups in total. The Labute approximate surface area is 293 Å². The standard InChI is InChI=1S/C38H27BrClF2N3O4/c39-30-18-20(6-17-31(30)42)33-26-15-16-27-32(36(48)44(34(27)46)25-4-2-1-3-5-25)28(26)19-29-35(47)45(43-24-13-11-23(41)12-14-24)37(49)38(29,33)21-7-9-22(40)10-8-21/h1-15,17-18,27-29,32-33,43H,16,19H2/t27?,28?,29-,32?,33-,38+/m0/s1. The molecule has 2 aliphatic carbocycles. The van der Waals surface area contributed by atoms with E-state index in [1.807, 2.05) is 6.08 Å². The number of halogens is 4. The van der Waals surface area contributed by atoms with Crippen LogP contribution in [0.25, 0.3) is 0 Å². The highest BCUT2D eigenvalue weighted by Crippen LogP contribution is 2.64. The van der Waals surface area contributed by atoms with E-state index < -0.39 is 58.5 Å². The van der Waals surface area contributed by atoms with E-state index in [2.05, 4.69) is 21.4 Å². The molecule has 0 spiro atoms. The summed E-state index contributed by atoms with van der Waals surface area (Å²) in [6.45, 7) is 0. The van der Waals surface area contributed by atoms with Gasteiger partial charge in [0, 0.05) is 10.9 Å². The number of nitrogens with one attached hydrogen (secondary N) is 1. The summed E-state index contributed by atoms with van der Waals surface area (Å²) in [5.41, 5.74) is 3.99. The molecule has 0 aromatic heterocycles. The Kier molecular flexibility index (Phi) is 7.57. The number of rotatable bonds is 5. The van der Waals surface area contributed by atoms with Crippen molar-refractivity contribution in [3.8, 4) is 0 Å². The summed E-state index contributed by atoms with van der Waals surface area (Å²) >= 11 is 9.64. The third kappa shape index (κ3) is 4.71. The molecule has 0 bridgehead atoms. The van der Waals surface area contributed by atoms with Crippen molar-refractivity contribution in [3.63, 3.8) is 0 Å². The van der Waals surface area contributed by atoms with Gasteiger partial charge < -0.3 is 0 Å². The maximum Gasteiger partial charge on any atom is 0.260 e. The fourth-order valence-electron chi connectivity index (χ4n) is 8.55. The summed E-state index contributed by atoms with van der Waals surface area (Å²) < 4.78 is 28.7. The minimum Gasteiger partial charge on any atom is -0.289 e. The maximum absolute atomic E-state index is 15.1. The van der Waals surface area contributed by atoms with Gasteiger partial charge in [-0.3, -0.25) is 29.5 Å². The van der Waals surface area contributed by atoms with Crippen molar-refractivity contribution in [2.75, 3.05) is 10.3 Å². The molecule has 3 unspecified atom stereocenters. The lowest BCUT2D eigenvalue weighted by Crippen LogP contribution is -2.53. The third-order valence-corrected chi connectivity index (χ3v) is 11.4. The number of para-hydroxylation sites is 1. The Hall–Kier alpha value is -4.67. The number of benzene rings is 4. The van der Waals surface area contributed by atoms with E-state index in [1.165, 1.54) is 35.2 Å². The van der Waals surface area contributed by atoms with E-state index in [4.69, 9.17) is 11.6 Å². The van der Waals surface area contributed by atoms with Gasteiger partial charge in [-0.25, -0.2) is 8.78 Å². The van der Waals surface area contributed by atoms with Gasteiger partial charge in [0.25, 0.3) is 11.8 Å². The second-order valence-corrected chi connectivity index (χ2v) is 14.2. The van der Waals surface area contributed by atoms with Crippen molar-refractivity contribution < 1.29 is 28.0 Å². The Morgan fingerprint density at radius 1 is 0.816 bits per heavy atom. The average molecular weight is 743 g/mol. The van der Waals surface area contributed by atoms with Crippen LogP contribution in [0.15, 0.2) is 113 Å². The van der Waals surface area contributed by atoms with Crippen LogP contribution in [0.5, 0.6) is 0 Å². The minimum atomic E-state index is -1.55. The van der Waals surface area contributed by atoms with E-state index in [-0.39, 0.29) is 29.1 Å². The first kappa shape index (κ1) is 31.6. The number of imide groups is 2. The molecular formula is C38H27BrClF2N3O4. The number of amides is 4. The molecule has 1 saturated carbocycles. The monoisotopic (exact) mass is 741 g/mol. The Balaban J connectivity index is 1.33. The second kappa shape index (κ2) is 11.7. The predicted octanol–water partition coefficient (Wildman–Crippen LogP) is 7.57. The van der Waals surface area contributed by atoms with E-state index in [9.17, 15) is 23.2 Å². The topological polar surface area (TPSA) is 86.8 Å². The number of fused-ring (bicyclic) bond motifs is 4. The number of carbonyl (C=O) groups is 4. The molecule has 4 aromatic rings. The zero-order valence-corrected chi connectivity index (χ0v) is 28.0. The Morgan fingerprint density at radius 2 is 1.53 bits per heavy atom. The van der Waals surface area contributed by atoms with Gasteiger partial charge >= 0.3 is 0 Å². The predicted molar refractivity (Wildman–Crippen MR) is 182 cm³/mol. The average Bonchev–Trinajstić information content (AvgIpc) is 3.48. The number of carbonyl (C=O) groups excluding carboxylic acids is 4. The Bertz CT molecular complexity index is 2080. The molecule has 7 nitrogen and oxygen atoms in total. The lowest BCUT2D eigenvalue weighted by atomic mass is 9.49. The van der Waals surface area contributed by atoms with Crippen LogP contribution in [0.1, 0.15) is 29.9 Å². The number of allylic oxidation sites excluding steroid dienone is 2. The van der Waals surface area contributed by atoms with Crippen LogP contribution < -0.4 is 10.3 Å². The SMILES string of the molecule is O=C1[C@@H]2CC3C(=CCC4C(=O)N(c5ccccc5)C(=O)C43)[C@H](c3ccc(F)c(Br)c3)[C@]2(c2ccc(Cl)cc2)C(=O)N1Nc1ccc(F)cc1. The van der Waals surface area contributed by atoms with Gasteiger partial charge in [0.15, 0.2) is 0 Å². The molecular weight excluding hydrogens is 716 g/mol. The van der Waals surface area contributed by atoms with Crippen LogP contribution in [0.2, 0.25) is 5.02 Å². The molecule has 2 heterocycles. The molecule has 4 aliphatic rings. The molecule has 4 amide bonds. The van der Waals surface area contributed by atoms with E-state index in [0.717, 1.165) is 10.6 Å². The highest BCUT2D eigenvalue weighted by Gasteiger charge is 2.70. The third-order valence-electron chi connectivity index (χ3n) is 10.5. The van der Waals surface area contributed by atoms with Crippen LogP contribution >= 0.6 is 27.5 Å². The van der Waals surface area contributed by atoms with Gasteiger partial charge in [0.2, 0.25) is 11.8 Å². The van der Waals surface area contributed by atoms with Crippen molar-refractivity contribution >= 4 is 62.5 Å². The van der Waals surface area contributed by atoms with E-state index in [0.29, 0.717) is 27.5 Å². The van der Waals surface area contributed by atoms with Crippen LogP contribution in [0.4, 0.5) is 20.2 Å². The number of hydrogen-bond donors (Lipinski definition) is 1.